The third-order valence-corrected chi connectivity index (χ3v) is 5.55. The van der Waals surface area contributed by atoms with Gasteiger partial charge in [0.1, 0.15) is 21.8 Å². The molecule has 140 valence electrons. The van der Waals surface area contributed by atoms with Crippen LogP contribution in [0.15, 0.2) is 41.8 Å². The highest BCUT2D eigenvalue weighted by molar-refractivity contribution is 7.18. The molecule has 6 nitrogen and oxygen atoms in total. The minimum atomic E-state index is -0.420. The van der Waals surface area contributed by atoms with Crippen molar-refractivity contribution >= 4 is 51.2 Å². The first-order valence-corrected chi connectivity index (χ1v) is 9.84. The number of anilines is 1. The second-order valence-corrected chi connectivity index (χ2v) is 7.59. The Bertz CT molecular complexity index is 1080. The van der Waals surface area contributed by atoms with Gasteiger partial charge in [-0.05, 0) is 35.2 Å². The van der Waals surface area contributed by atoms with Crippen LogP contribution in [0.2, 0.25) is 0 Å². The van der Waals surface area contributed by atoms with Crippen LogP contribution in [0.5, 0.6) is 0 Å². The molecule has 0 spiro atoms. The second-order valence-electron chi connectivity index (χ2n) is 5.64. The fourth-order valence-electron chi connectivity index (χ4n) is 2.40. The molecule has 0 radical (unpaired) electrons. The van der Waals surface area contributed by atoms with Crippen LogP contribution >= 0.6 is 22.7 Å². The smallest absolute Gasteiger partial charge is 0.337 e. The van der Waals surface area contributed by atoms with E-state index < -0.39 is 5.97 Å². The summed E-state index contributed by atoms with van der Waals surface area (Å²) in [4.78, 5) is 28.6. The molecular formula is C20H15N3O3S2. The van der Waals surface area contributed by atoms with Crippen molar-refractivity contribution in [2.45, 2.75) is 6.92 Å². The Morgan fingerprint density at radius 1 is 1.25 bits per heavy atom. The van der Waals surface area contributed by atoms with Crippen molar-refractivity contribution in [3.63, 3.8) is 0 Å². The number of nitrogens with zero attached hydrogens (tertiary/aromatic N) is 2. The first kappa shape index (κ1) is 19.5. The van der Waals surface area contributed by atoms with Gasteiger partial charge in [0.15, 0.2) is 0 Å². The van der Waals surface area contributed by atoms with Gasteiger partial charge in [-0.1, -0.05) is 29.5 Å². The number of methoxy groups -OCH3 is 1. The Balaban J connectivity index is 1.98. The number of thiophene rings is 1. The Kier molecular flexibility index (Phi) is 5.99. The zero-order valence-corrected chi connectivity index (χ0v) is 16.7. The van der Waals surface area contributed by atoms with Gasteiger partial charge >= 0.3 is 5.97 Å². The van der Waals surface area contributed by atoms with E-state index in [1.165, 1.54) is 36.7 Å². The summed E-state index contributed by atoms with van der Waals surface area (Å²) in [5.41, 5.74) is 2.19. The van der Waals surface area contributed by atoms with Crippen molar-refractivity contribution in [1.82, 2.24) is 4.98 Å². The number of nitrogens with one attached hydrogen (secondary N) is 1. The summed E-state index contributed by atoms with van der Waals surface area (Å²) in [6.07, 6.45) is 1.69. The summed E-state index contributed by atoms with van der Waals surface area (Å²) >= 11 is 2.76. The van der Waals surface area contributed by atoms with E-state index >= 15 is 0 Å². The van der Waals surface area contributed by atoms with Crippen LogP contribution in [0.4, 0.5) is 5.00 Å². The number of rotatable bonds is 5. The summed E-state index contributed by atoms with van der Waals surface area (Å²) in [5.74, 6) is -0.620. The zero-order valence-electron chi connectivity index (χ0n) is 15.1. The number of benzene rings is 1. The van der Waals surface area contributed by atoms with Crippen LogP contribution in [0.1, 0.15) is 27.9 Å². The highest BCUT2D eigenvalue weighted by Crippen LogP contribution is 2.38. The van der Waals surface area contributed by atoms with Gasteiger partial charge in [-0.25, -0.2) is 9.78 Å². The van der Waals surface area contributed by atoms with E-state index in [0.29, 0.717) is 26.8 Å². The third-order valence-electron chi connectivity index (χ3n) is 3.66. The van der Waals surface area contributed by atoms with Crippen molar-refractivity contribution in [2.24, 2.45) is 0 Å². The lowest BCUT2D eigenvalue weighted by Crippen LogP contribution is -2.04. The lowest BCUT2D eigenvalue weighted by Gasteiger charge is -2.00. The van der Waals surface area contributed by atoms with Crippen LogP contribution in [-0.4, -0.2) is 24.0 Å². The number of allylic oxidation sites excluding steroid dienone is 1. The monoisotopic (exact) mass is 409 g/mol. The Labute approximate surface area is 169 Å². The topological polar surface area (TPSA) is 92.1 Å². The van der Waals surface area contributed by atoms with E-state index in [9.17, 15) is 14.9 Å². The summed E-state index contributed by atoms with van der Waals surface area (Å²) < 4.78 is 4.68. The van der Waals surface area contributed by atoms with Crippen molar-refractivity contribution in [1.29, 1.82) is 5.26 Å². The van der Waals surface area contributed by atoms with Gasteiger partial charge in [-0.3, -0.25) is 4.79 Å². The lowest BCUT2D eigenvalue weighted by molar-refractivity contribution is -0.114. The summed E-state index contributed by atoms with van der Waals surface area (Å²) in [5, 5.41) is 15.4. The van der Waals surface area contributed by atoms with Gasteiger partial charge in [0.2, 0.25) is 5.91 Å². The molecule has 1 amide bonds. The van der Waals surface area contributed by atoms with Crippen LogP contribution < -0.4 is 5.32 Å². The number of amides is 1. The fraction of sp³-hybridized carbons (Fsp3) is 0.100. The number of ether oxygens (including phenoxy) is 1. The molecule has 1 N–H and O–H groups in total. The van der Waals surface area contributed by atoms with Gasteiger partial charge in [0.25, 0.3) is 0 Å². The number of hydrogen-bond donors (Lipinski definition) is 1. The molecule has 3 rings (SSSR count). The number of esters is 1. The highest BCUT2D eigenvalue weighted by Gasteiger charge is 2.17. The predicted octanol–water partition coefficient (Wildman–Crippen LogP) is 4.68. The molecule has 0 unspecified atom stereocenters. The normalized spacial score (nSPS) is 11.0. The predicted molar refractivity (Wildman–Crippen MR) is 111 cm³/mol. The van der Waals surface area contributed by atoms with Crippen LogP contribution in [-0.2, 0) is 9.53 Å². The number of thiazole rings is 1. The number of hydrogen-bond acceptors (Lipinski definition) is 7. The average Bonchev–Trinajstić information content (AvgIpc) is 3.35. The first-order valence-electron chi connectivity index (χ1n) is 8.14. The summed E-state index contributed by atoms with van der Waals surface area (Å²) in [7, 11) is 1.32. The van der Waals surface area contributed by atoms with Gasteiger partial charge in [0.05, 0.1) is 23.1 Å². The molecule has 0 aliphatic rings. The highest BCUT2D eigenvalue weighted by atomic mass is 32.1. The molecule has 0 bridgehead atoms. The van der Waals surface area contributed by atoms with Gasteiger partial charge in [-0.2, -0.15) is 5.26 Å². The van der Waals surface area contributed by atoms with Gasteiger partial charge < -0.3 is 10.1 Å². The van der Waals surface area contributed by atoms with E-state index in [2.05, 4.69) is 21.1 Å². The molecule has 0 atom stereocenters. The van der Waals surface area contributed by atoms with E-state index in [0.717, 1.165) is 10.4 Å². The van der Waals surface area contributed by atoms with Crippen LogP contribution in [0.25, 0.3) is 22.2 Å². The number of carbonyl (C=O) groups excluding carboxylic acids is 2. The summed E-state index contributed by atoms with van der Waals surface area (Å²) in [6.45, 7) is 1.43. The third kappa shape index (κ3) is 4.34. The molecule has 8 heteroatoms. The van der Waals surface area contributed by atoms with Crippen molar-refractivity contribution in [2.75, 3.05) is 12.4 Å². The molecule has 0 aliphatic heterocycles. The minimum Gasteiger partial charge on any atom is -0.465 e. The van der Waals surface area contributed by atoms with E-state index in [1.807, 2.05) is 17.5 Å². The van der Waals surface area contributed by atoms with E-state index in [1.54, 1.807) is 30.3 Å². The maximum absolute atomic E-state index is 11.5. The molecular weight excluding hydrogens is 394 g/mol. The molecule has 1 aromatic carbocycles. The number of carbonyl (C=O) groups is 2. The first-order chi connectivity index (χ1) is 13.5. The Morgan fingerprint density at radius 3 is 2.57 bits per heavy atom. The number of aromatic nitrogens is 1. The zero-order chi connectivity index (χ0) is 20.1. The van der Waals surface area contributed by atoms with Crippen molar-refractivity contribution < 1.29 is 14.3 Å². The molecule has 2 heterocycles. The average molecular weight is 409 g/mol. The van der Waals surface area contributed by atoms with Gasteiger partial charge in [0, 0.05) is 6.92 Å². The molecule has 0 aliphatic carbocycles. The Morgan fingerprint density at radius 2 is 2.00 bits per heavy atom. The van der Waals surface area contributed by atoms with Crippen LogP contribution in [0, 0.1) is 11.3 Å². The summed E-state index contributed by atoms with van der Waals surface area (Å²) in [6, 6.07) is 12.7. The molecule has 0 fully saturated rings. The quantitative estimate of drug-likeness (QED) is 0.488. The molecule has 0 saturated heterocycles. The van der Waals surface area contributed by atoms with Crippen LogP contribution in [0.3, 0.4) is 0 Å². The molecule has 3 aromatic rings. The Hall–Kier alpha value is -3.28. The largest absolute Gasteiger partial charge is 0.465 e. The standard InChI is InChI=1S/C20H15N3O3S2/c1-12(24)22-19-17(16-4-3-9-27-16)23-18(28-19)15(11-21)10-13-5-7-14(8-6-13)20(25)26-2/h3-10H,1-2H3,(H,22,24)/b15-10-. The maximum Gasteiger partial charge on any atom is 0.337 e. The SMILES string of the molecule is COC(=O)c1ccc(/C=C(/C#N)c2nc(-c3cccs3)c(NC(C)=O)s2)cc1. The number of nitriles is 1. The lowest BCUT2D eigenvalue weighted by atomic mass is 10.1. The molecule has 28 heavy (non-hydrogen) atoms. The van der Waals surface area contributed by atoms with E-state index in [-0.39, 0.29) is 5.91 Å². The minimum absolute atomic E-state index is 0.200. The fourth-order valence-corrected chi connectivity index (χ4v) is 4.18. The molecule has 0 saturated carbocycles. The van der Waals surface area contributed by atoms with Gasteiger partial charge in [-0.15, -0.1) is 11.3 Å². The van der Waals surface area contributed by atoms with Crippen molar-refractivity contribution in [3.05, 3.63) is 57.9 Å². The second kappa shape index (κ2) is 8.61. The maximum atomic E-state index is 11.5. The molecule has 2 aromatic heterocycles. The van der Waals surface area contributed by atoms with E-state index in [4.69, 9.17) is 0 Å². The van der Waals surface area contributed by atoms with Crippen molar-refractivity contribution in [3.8, 4) is 16.6 Å².